The lowest BCUT2D eigenvalue weighted by Gasteiger charge is -2.16. The highest BCUT2D eigenvalue weighted by Crippen LogP contribution is 2.32. The van der Waals surface area contributed by atoms with Crippen molar-refractivity contribution in [3.8, 4) is 0 Å². The molecule has 1 unspecified atom stereocenters. The van der Waals surface area contributed by atoms with Crippen molar-refractivity contribution in [1.82, 2.24) is 5.01 Å². The molecule has 3 aromatic rings. The fraction of sp³-hybridized carbons (Fsp3) is 0.0909. The van der Waals surface area contributed by atoms with Crippen LogP contribution in [0.25, 0.3) is 0 Å². The number of urea groups is 1. The first-order valence-corrected chi connectivity index (χ1v) is 10.6. The van der Waals surface area contributed by atoms with E-state index in [0.717, 1.165) is 16.8 Å². The van der Waals surface area contributed by atoms with Gasteiger partial charge in [0.15, 0.2) is 0 Å². The number of hydrogen-bond acceptors (Lipinski definition) is 2. The van der Waals surface area contributed by atoms with Crippen molar-refractivity contribution in [3.05, 3.63) is 97.9 Å². The molecule has 1 aliphatic heterocycles. The van der Waals surface area contributed by atoms with Crippen molar-refractivity contribution in [2.24, 2.45) is 5.10 Å². The zero-order valence-corrected chi connectivity index (χ0v) is 18.5. The lowest BCUT2D eigenvalue weighted by Crippen LogP contribution is -2.30. The fourth-order valence-corrected chi connectivity index (χ4v) is 3.85. The summed E-state index contributed by atoms with van der Waals surface area (Å²) < 4.78 is 0. The second-order valence-corrected chi connectivity index (χ2v) is 8.35. The third-order valence-corrected chi connectivity index (χ3v) is 6.21. The highest BCUT2D eigenvalue weighted by molar-refractivity contribution is 6.42. The van der Waals surface area contributed by atoms with Gasteiger partial charge in [0.05, 0.1) is 32.3 Å². The Morgan fingerprint density at radius 2 is 1.53 bits per heavy atom. The van der Waals surface area contributed by atoms with E-state index >= 15 is 0 Å². The van der Waals surface area contributed by atoms with Gasteiger partial charge >= 0.3 is 6.03 Å². The molecule has 152 valence electrons. The van der Waals surface area contributed by atoms with Crippen LogP contribution in [0.4, 0.5) is 10.5 Å². The Balaban J connectivity index is 1.65. The molecule has 0 bridgehead atoms. The predicted octanol–water partition coefficient (Wildman–Crippen LogP) is 7.34. The van der Waals surface area contributed by atoms with Crippen molar-refractivity contribution in [3.63, 3.8) is 0 Å². The molecular formula is C22H15Cl4N3O. The normalized spacial score (nSPS) is 15.8. The predicted molar refractivity (Wildman–Crippen MR) is 124 cm³/mol. The number of benzene rings is 3. The summed E-state index contributed by atoms with van der Waals surface area (Å²) in [4.78, 5) is 12.9. The average molecular weight is 479 g/mol. The summed E-state index contributed by atoms with van der Waals surface area (Å²) in [6, 6.07) is 19.8. The molecule has 1 atom stereocenters. The molecule has 0 saturated heterocycles. The number of rotatable bonds is 3. The molecule has 2 amide bonds. The van der Waals surface area contributed by atoms with Crippen LogP contribution in [0.15, 0.2) is 71.8 Å². The fourth-order valence-electron chi connectivity index (χ4n) is 3.25. The first-order valence-electron chi connectivity index (χ1n) is 9.05. The molecule has 1 aliphatic rings. The van der Waals surface area contributed by atoms with Gasteiger partial charge < -0.3 is 5.32 Å². The number of amides is 2. The van der Waals surface area contributed by atoms with Crippen LogP contribution in [0.3, 0.4) is 0 Å². The number of nitrogens with one attached hydrogen (secondary N) is 1. The minimum absolute atomic E-state index is 0.108. The van der Waals surface area contributed by atoms with Crippen molar-refractivity contribution < 1.29 is 4.79 Å². The Bertz CT molecular complexity index is 1130. The van der Waals surface area contributed by atoms with Crippen LogP contribution in [0.2, 0.25) is 20.1 Å². The number of carbonyl (C=O) groups is 1. The van der Waals surface area contributed by atoms with Crippen LogP contribution in [0.5, 0.6) is 0 Å². The molecule has 0 radical (unpaired) electrons. The van der Waals surface area contributed by atoms with Crippen LogP contribution in [0.1, 0.15) is 17.0 Å². The molecule has 0 spiro atoms. The van der Waals surface area contributed by atoms with Gasteiger partial charge in [0, 0.05) is 17.2 Å². The Hall–Kier alpha value is -2.24. The molecule has 3 aromatic carbocycles. The molecule has 0 saturated carbocycles. The minimum Gasteiger partial charge on any atom is -0.306 e. The second-order valence-electron chi connectivity index (χ2n) is 6.72. The summed E-state index contributed by atoms with van der Waals surface area (Å²) in [6.07, 6.45) is 0. The highest BCUT2D eigenvalue weighted by atomic mass is 35.5. The number of anilines is 1. The Morgan fingerprint density at radius 3 is 2.20 bits per heavy atom. The first kappa shape index (κ1) is 21.0. The third-order valence-electron chi connectivity index (χ3n) is 4.74. The van der Waals surface area contributed by atoms with E-state index in [0.29, 0.717) is 32.3 Å². The second kappa shape index (κ2) is 8.86. The maximum atomic E-state index is 12.9. The van der Waals surface area contributed by atoms with Gasteiger partial charge in [-0.25, -0.2) is 9.80 Å². The molecule has 1 heterocycles. The van der Waals surface area contributed by atoms with Crippen molar-refractivity contribution in [1.29, 1.82) is 0 Å². The van der Waals surface area contributed by atoms with Gasteiger partial charge in [-0.3, -0.25) is 0 Å². The molecule has 4 rings (SSSR count). The van der Waals surface area contributed by atoms with Gasteiger partial charge in [-0.15, -0.1) is 0 Å². The lowest BCUT2D eigenvalue weighted by atomic mass is 9.91. The number of nitrogens with zero attached hydrogens (tertiary/aromatic N) is 2. The topological polar surface area (TPSA) is 44.7 Å². The SMILES string of the molecule is O=C(Nc1ccc(Cl)c(Cl)c1)N1CC(c2ccccc2)C(c2ccc(Cl)c(Cl)c2)=N1. The highest BCUT2D eigenvalue weighted by Gasteiger charge is 2.32. The van der Waals surface area contributed by atoms with Crippen LogP contribution in [-0.2, 0) is 0 Å². The maximum absolute atomic E-state index is 12.9. The quantitative estimate of drug-likeness (QED) is 0.420. The summed E-state index contributed by atoms with van der Waals surface area (Å²) in [7, 11) is 0. The minimum atomic E-state index is -0.371. The number of hydrogen-bond donors (Lipinski definition) is 1. The Labute approximate surface area is 194 Å². The molecule has 8 heteroatoms. The van der Waals surface area contributed by atoms with E-state index in [4.69, 9.17) is 46.4 Å². The van der Waals surface area contributed by atoms with Crippen molar-refractivity contribution >= 4 is 63.8 Å². The summed E-state index contributed by atoms with van der Waals surface area (Å²) in [5.41, 5.74) is 3.13. The smallest absolute Gasteiger partial charge is 0.306 e. The summed E-state index contributed by atoms with van der Waals surface area (Å²) in [5.74, 6) is -0.108. The molecule has 0 aliphatic carbocycles. The van der Waals surface area contributed by atoms with Gasteiger partial charge in [-0.05, 0) is 35.9 Å². The molecule has 4 nitrogen and oxygen atoms in total. The zero-order valence-electron chi connectivity index (χ0n) is 15.4. The maximum Gasteiger partial charge on any atom is 0.342 e. The van der Waals surface area contributed by atoms with E-state index in [1.807, 2.05) is 36.4 Å². The zero-order chi connectivity index (χ0) is 21.3. The summed E-state index contributed by atoms with van der Waals surface area (Å²) in [5, 5.41) is 10.5. The number of hydrazone groups is 1. The van der Waals surface area contributed by atoms with E-state index in [1.165, 1.54) is 5.01 Å². The molecular weight excluding hydrogens is 464 g/mol. The van der Waals surface area contributed by atoms with Crippen molar-refractivity contribution in [2.75, 3.05) is 11.9 Å². The van der Waals surface area contributed by atoms with E-state index < -0.39 is 0 Å². The Kier molecular flexibility index (Phi) is 6.21. The largest absolute Gasteiger partial charge is 0.342 e. The van der Waals surface area contributed by atoms with E-state index in [1.54, 1.807) is 30.3 Å². The van der Waals surface area contributed by atoms with Crippen LogP contribution >= 0.6 is 46.4 Å². The number of carbonyl (C=O) groups excluding carboxylic acids is 1. The summed E-state index contributed by atoms with van der Waals surface area (Å²) >= 11 is 24.3. The van der Waals surface area contributed by atoms with Crippen LogP contribution < -0.4 is 5.32 Å². The van der Waals surface area contributed by atoms with E-state index in [2.05, 4.69) is 10.4 Å². The standard InChI is InChI=1S/C22H15Cl4N3O/c23-17-8-6-14(10-19(17)25)21-16(13-4-2-1-3-5-13)12-29(28-21)22(30)27-15-7-9-18(24)20(26)11-15/h1-11,16H,12H2,(H,27,30). The monoisotopic (exact) mass is 477 g/mol. The Morgan fingerprint density at radius 1 is 0.867 bits per heavy atom. The third kappa shape index (κ3) is 4.42. The molecule has 30 heavy (non-hydrogen) atoms. The number of halogens is 4. The van der Waals surface area contributed by atoms with Crippen LogP contribution in [-0.4, -0.2) is 23.3 Å². The lowest BCUT2D eigenvalue weighted by molar-refractivity contribution is 0.218. The first-order chi connectivity index (χ1) is 14.4. The summed E-state index contributed by atoms with van der Waals surface area (Å²) in [6.45, 7) is 0.382. The van der Waals surface area contributed by atoms with Crippen LogP contribution in [0, 0.1) is 0 Å². The van der Waals surface area contributed by atoms with Crippen molar-refractivity contribution in [2.45, 2.75) is 5.92 Å². The average Bonchev–Trinajstić information content (AvgIpc) is 3.19. The van der Waals surface area contributed by atoms with Gasteiger partial charge in [0.1, 0.15) is 0 Å². The van der Waals surface area contributed by atoms with Gasteiger partial charge in [0.2, 0.25) is 0 Å². The van der Waals surface area contributed by atoms with Gasteiger partial charge in [-0.2, -0.15) is 5.10 Å². The van der Waals surface area contributed by atoms with E-state index in [-0.39, 0.29) is 11.9 Å². The molecule has 1 N–H and O–H groups in total. The van der Waals surface area contributed by atoms with Gasteiger partial charge in [0.25, 0.3) is 0 Å². The van der Waals surface area contributed by atoms with Gasteiger partial charge in [-0.1, -0.05) is 82.8 Å². The molecule has 0 fully saturated rings. The van der Waals surface area contributed by atoms with E-state index in [9.17, 15) is 4.79 Å². The molecule has 0 aromatic heterocycles.